The van der Waals surface area contributed by atoms with Gasteiger partial charge < -0.3 is 10.6 Å². The number of hydrogen-bond donors (Lipinski definition) is 1. The maximum Gasteiger partial charge on any atom is 0.225 e. The summed E-state index contributed by atoms with van der Waals surface area (Å²) in [7, 11) is 1.85. The van der Waals surface area contributed by atoms with Crippen molar-refractivity contribution in [2.45, 2.75) is 44.9 Å². The van der Waals surface area contributed by atoms with Crippen LogP contribution in [-0.4, -0.2) is 29.4 Å². The second kappa shape index (κ2) is 6.84. The molecule has 16 heavy (non-hydrogen) atoms. The van der Waals surface area contributed by atoms with Crippen LogP contribution in [0.25, 0.3) is 0 Å². The van der Waals surface area contributed by atoms with Gasteiger partial charge in [0.15, 0.2) is 0 Å². The number of nitrogens with zero attached hydrogens (tertiary/aromatic N) is 1. The molecule has 0 saturated heterocycles. The third kappa shape index (κ3) is 4.47. The van der Waals surface area contributed by atoms with Gasteiger partial charge in [0.2, 0.25) is 5.91 Å². The summed E-state index contributed by atoms with van der Waals surface area (Å²) in [4.78, 5) is 14.4. The minimum absolute atomic E-state index is 0.235. The maximum atomic E-state index is 12.1. The van der Waals surface area contributed by atoms with E-state index in [-0.39, 0.29) is 11.8 Å². The molecule has 1 fully saturated rings. The lowest BCUT2D eigenvalue weighted by Gasteiger charge is -2.22. The molecule has 92 valence electrons. The van der Waals surface area contributed by atoms with Gasteiger partial charge >= 0.3 is 0 Å². The van der Waals surface area contributed by atoms with Crippen molar-refractivity contribution < 1.29 is 4.79 Å². The van der Waals surface area contributed by atoms with E-state index in [9.17, 15) is 4.79 Å². The first-order valence-corrected chi connectivity index (χ1v) is 6.55. The normalized spacial score (nSPS) is 17.8. The Kier molecular flexibility index (Phi) is 5.74. The van der Waals surface area contributed by atoms with Gasteiger partial charge in [-0.2, -0.15) is 0 Å². The van der Waals surface area contributed by atoms with Gasteiger partial charge in [-0.25, -0.2) is 0 Å². The maximum absolute atomic E-state index is 12.1. The van der Waals surface area contributed by atoms with Crippen molar-refractivity contribution in [1.29, 1.82) is 0 Å². The molecule has 0 radical (unpaired) electrons. The Morgan fingerprint density at radius 1 is 1.31 bits per heavy atom. The van der Waals surface area contributed by atoms with Crippen LogP contribution in [0.2, 0.25) is 0 Å². The van der Waals surface area contributed by atoms with Gasteiger partial charge in [0.05, 0.1) is 4.99 Å². The van der Waals surface area contributed by atoms with E-state index in [4.69, 9.17) is 18.0 Å². The van der Waals surface area contributed by atoms with Crippen LogP contribution in [0.5, 0.6) is 0 Å². The van der Waals surface area contributed by atoms with Gasteiger partial charge in [-0.1, -0.05) is 37.9 Å². The molecule has 0 unspecified atom stereocenters. The first-order chi connectivity index (χ1) is 7.61. The van der Waals surface area contributed by atoms with Gasteiger partial charge in [0, 0.05) is 25.9 Å². The van der Waals surface area contributed by atoms with Crippen molar-refractivity contribution in [1.82, 2.24) is 4.90 Å². The predicted molar refractivity (Wildman–Crippen MR) is 70.2 cm³/mol. The van der Waals surface area contributed by atoms with Crippen LogP contribution in [-0.2, 0) is 4.79 Å². The minimum atomic E-state index is 0.235. The zero-order valence-electron chi connectivity index (χ0n) is 10.1. The highest BCUT2D eigenvalue weighted by molar-refractivity contribution is 7.80. The predicted octanol–water partition coefficient (Wildman–Crippen LogP) is 2.09. The highest BCUT2D eigenvalue weighted by Crippen LogP contribution is 2.24. The molecule has 1 rings (SSSR count). The SMILES string of the molecule is CN(CCC(N)=S)C(=O)C1CCCCCC1. The van der Waals surface area contributed by atoms with Crippen LogP contribution >= 0.6 is 12.2 Å². The Morgan fingerprint density at radius 3 is 2.38 bits per heavy atom. The summed E-state index contributed by atoms with van der Waals surface area (Å²) >= 11 is 4.82. The fourth-order valence-electron chi connectivity index (χ4n) is 2.23. The van der Waals surface area contributed by atoms with E-state index < -0.39 is 0 Å². The Labute approximate surface area is 103 Å². The van der Waals surface area contributed by atoms with Crippen LogP contribution in [0.1, 0.15) is 44.9 Å². The zero-order chi connectivity index (χ0) is 12.0. The highest BCUT2D eigenvalue weighted by atomic mass is 32.1. The lowest BCUT2D eigenvalue weighted by atomic mass is 9.99. The van der Waals surface area contributed by atoms with Crippen molar-refractivity contribution in [3.63, 3.8) is 0 Å². The average Bonchev–Trinajstić information content (AvgIpc) is 2.53. The molecule has 0 atom stereocenters. The van der Waals surface area contributed by atoms with Gasteiger partial charge in [-0.15, -0.1) is 0 Å². The second-order valence-corrected chi connectivity index (χ2v) is 5.19. The number of hydrogen-bond acceptors (Lipinski definition) is 2. The van der Waals surface area contributed by atoms with E-state index in [1.165, 1.54) is 25.7 Å². The first-order valence-electron chi connectivity index (χ1n) is 6.14. The van der Waals surface area contributed by atoms with E-state index in [1.807, 2.05) is 7.05 Å². The van der Waals surface area contributed by atoms with Crippen LogP contribution < -0.4 is 5.73 Å². The van der Waals surface area contributed by atoms with Gasteiger partial charge in [-0.05, 0) is 12.8 Å². The quantitative estimate of drug-likeness (QED) is 0.606. The first kappa shape index (κ1) is 13.4. The van der Waals surface area contributed by atoms with E-state index in [0.29, 0.717) is 18.0 Å². The Hall–Kier alpha value is -0.640. The molecule has 0 spiro atoms. The summed E-state index contributed by atoms with van der Waals surface area (Å²) in [6, 6.07) is 0. The summed E-state index contributed by atoms with van der Waals surface area (Å²) in [6.45, 7) is 0.657. The second-order valence-electron chi connectivity index (χ2n) is 4.66. The fraction of sp³-hybridized carbons (Fsp3) is 0.833. The smallest absolute Gasteiger partial charge is 0.225 e. The van der Waals surface area contributed by atoms with Crippen molar-refractivity contribution in [2.75, 3.05) is 13.6 Å². The van der Waals surface area contributed by atoms with Gasteiger partial charge in [0.25, 0.3) is 0 Å². The number of nitrogens with two attached hydrogens (primary N) is 1. The van der Waals surface area contributed by atoms with Crippen LogP contribution in [0, 0.1) is 5.92 Å². The number of carbonyl (C=O) groups is 1. The van der Waals surface area contributed by atoms with E-state index in [2.05, 4.69) is 0 Å². The highest BCUT2D eigenvalue weighted by Gasteiger charge is 2.22. The molecule has 0 aromatic heterocycles. The molecule has 0 heterocycles. The monoisotopic (exact) mass is 242 g/mol. The Morgan fingerprint density at radius 2 is 1.88 bits per heavy atom. The third-order valence-corrected chi connectivity index (χ3v) is 3.48. The molecular formula is C12H22N2OS. The zero-order valence-corrected chi connectivity index (χ0v) is 10.9. The van der Waals surface area contributed by atoms with Crippen molar-refractivity contribution in [2.24, 2.45) is 11.7 Å². The van der Waals surface area contributed by atoms with Crippen LogP contribution in [0.4, 0.5) is 0 Å². The molecule has 4 heteroatoms. The summed E-state index contributed by atoms with van der Waals surface area (Å²) in [5.74, 6) is 0.511. The lowest BCUT2D eigenvalue weighted by molar-refractivity contribution is -0.134. The summed E-state index contributed by atoms with van der Waals surface area (Å²) in [5, 5.41) is 0. The fourth-order valence-corrected chi connectivity index (χ4v) is 2.32. The van der Waals surface area contributed by atoms with Crippen LogP contribution in [0.15, 0.2) is 0 Å². The summed E-state index contributed by atoms with van der Waals surface area (Å²) in [5.41, 5.74) is 5.44. The minimum Gasteiger partial charge on any atom is -0.393 e. The molecular weight excluding hydrogens is 220 g/mol. The van der Waals surface area contributed by atoms with Gasteiger partial charge in [-0.3, -0.25) is 4.79 Å². The number of amides is 1. The molecule has 0 aromatic carbocycles. The van der Waals surface area contributed by atoms with Crippen molar-refractivity contribution in [3.05, 3.63) is 0 Å². The van der Waals surface area contributed by atoms with E-state index in [1.54, 1.807) is 4.90 Å². The molecule has 1 amide bonds. The molecule has 1 saturated carbocycles. The lowest BCUT2D eigenvalue weighted by Crippen LogP contribution is -2.34. The van der Waals surface area contributed by atoms with Crippen molar-refractivity contribution >= 4 is 23.1 Å². The summed E-state index contributed by atoms with van der Waals surface area (Å²) in [6.07, 6.45) is 7.68. The summed E-state index contributed by atoms with van der Waals surface area (Å²) < 4.78 is 0. The standard InChI is InChI=1S/C12H22N2OS/c1-14(9-8-11(13)16)12(15)10-6-4-2-3-5-7-10/h10H,2-9H2,1H3,(H2,13,16). The topological polar surface area (TPSA) is 46.3 Å². The molecule has 1 aliphatic carbocycles. The molecule has 0 bridgehead atoms. The largest absolute Gasteiger partial charge is 0.393 e. The third-order valence-electron chi connectivity index (χ3n) is 3.27. The Bertz CT molecular complexity index is 247. The van der Waals surface area contributed by atoms with Crippen molar-refractivity contribution in [3.8, 4) is 0 Å². The van der Waals surface area contributed by atoms with Crippen LogP contribution in [0.3, 0.4) is 0 Å². The number of carbonyl (C=O) groups excluding carboxylic acids is 1. The average molecular weight is 242 g/mol. The molecule has 0 aromatic rings. The molecule has 2 N–H and O–H groups in total. The van der Waals surface area contributed by atoms with Gasteiger partial charge in [0.1, 0.15) is 0 Å². The molecule has 3 nitrogen and oxygen atoms in total. The molecule has 1 aliphatic rings. The number of thiocarbonyl (C=S) groups is 1. The van der Waals surface area contributed by atoms with E-state index >= 15 is 0 Å². The Balaban J connectivity index is 2.38. The molecule has 0 aliphatic heterocycles. The van der Waals surface area contributed by atoms with E-state index in [0.717, 1.165) is 12.8 Å². The number of rotatable bonds is 4.